The number of halogens is 3. The van der Waals surface area contributed by atoms with E-state index in [9.17, 15) is 18.4 Å². The molecular formula is C29H33F3N8OS. The fourth-order valence-electron chi connectivity index (χ4n) is 6.16. The first-order chi connectivity index (χ1) is 20.3. The molecule has 0 spiro atoms. The largest absolute Gasteiger partial charge is 0.393 e. The molecule has 3 aromatic heterocycles. The maximum atomic E-state index is 13.1. The van der Waals surface area contributed by atoms with Gasteiger partial charge in [0.05, 0.1) is 18.9 Å². The standard InChI is InChI=1S/C29H33F3N8OS/c1-41-40-7-2-3-21(40)14-34-26-16-39(15-18-4-5-24-19(9-18)10-20(13-33)37-24)8-6-25(26)38-27-23-11-22(12-29(30,31)32)42-28(23)36-17-35-27/h4-5,9-11,17,21,25-26,34,37H,2-3,6-8,12,14-16H2,1H3,(H,35,36,38)/t21-,25+,26?/m1/s1. The van der Waals surface area contributed by atoms with Crippen molar-refractivity contribution < 1.29 is 18.0 Å². The first kappa shape index (κ1) is 28.8. The topological polar surface area (TPSA) is 105 Å². The predicted molar refractivity (Wildman–Crippen MR) is 156 cm³/mol. The molecule has 2 saturated heterocycles. The number of likely N-dealkylation sites (tertiary alicyclic amines) is 1. The third-order valence-electron chi connectivity index (χ3n) is 8.16. The van der Waals surface area contributed by atoms with E-state index in [2.05, 4.69) is 48.7 Å². The molecule has 3 N–H and O–H groups in total. The number of H-pyrrole nitrogens is 1. The fraction of sp³-hybridized carbons (Fsp3) is 0.483. The Kier molecular flexibility index (Phi) is 8.33. The Morgan fingerprint density at radius 2 is 2.05 bits per heavy atom. The average molecular weight is 599 g/mol. The van der Waals surface area contributed by atoms with Crippen molar-refractivity contribution in [3.63, 3.8) is 0 Å². The molecule has 0 bridgehead atoms. The number of aromatic nitrogens is 3. The molecule has 0 saturated carbocycles. The number of thiophene rings is 1. The minimum absolute atomic E-state index is 0.0213. The molecule has 1 unspecified atom stereocenters. The molecule has 2 aliphatic heterocycles. The zero-order valence-corrected chi connectivity index (χ0v) is 24.1. The van der Waals surface area contributed by atoms with Gasteiger partial charge in [0.2, 0.25) is 0 Å². The Hall–Kier alpha value is -3.28. The van der Waals surface area contributed by atoms with Crippen molar-refractivity contribution in [2.45, 2.75) is 56.5 Å². The van der Waals surface area contributed by atoms with Gasteiger partial charge in [-0.2, -0.15) is 23.5 Å². The molecule has 5 heterocycles. The quantitative estimate of drug-likeness (QED) is 0.252. The van der Waals surface area contributed by atoms with Gasteiger partial charge in [-0.25, -0.2) is 9.97 Å². The molecule has 0 radical (unpaired) electrons. The Labute approximate surface area is 245 Å². The van der Waals surface area contributed by atoms with Gasteiger partial charge in [-0.15, -0.1) is 11.3 Å². The monoisotopic (exact) mass is 598 g/mol. The number of nitrogens with zero attached hydrogens (tertiary/aromatic N) is 5. The zero-order valence-electron chi connectivity index (χ0n) is 23.2. The number of nitriles is 1. The van der Waals surface area contributed by atoms with Crippen LogP contribution in [0.25, 0.3) is 21.1 Å². The average Bonchev–Trinajstić information content (AvgIpc) is 3.69. The van der Waals surface area contributed by atoms with Gasteiger partial charge in [0, 0.05) is 66.6 Å². The highest BCUT2D eigenvalue weighted by Crippen LogP contribution is 2.33. The lowest BCUT2D eigenvalue weighted by Gasteiger charge is -2.40. The number of piperidine rings is 1. The van der Waals surface area contributed by atoms with Crippen LogP contribution < -0.4 is 10.6 Å². The SMILES string of the molecule is CON1CCC[C@@H]1CNC1CN(Cc2ccc3[nH]c(C#N)cc3c2)CC[C@@H]1Nc1ncnc2sc(CC(F)(F)F)cc12. The fourth-order valence-corrected chi connectivity index (χ4v) is 7.19. The predicted octanol–water partition coefficient (Wildman–Crippen LogP) is 4.82. The van der Waals surface area contributed by atoms with Gasteiger partial charge in [0.25, 0.3) is 0 Å². The Morgan fingerprint density at radius 3 is 2.86 bits per heavy atom. The van der Waals surface area contributed by atoms with Crippen LogP contribution in [0, 0.1) is 11.3 Å². The van der Waals surface area contributed by atoms with E-state index in [-0.39, 0.29) is 23.0 Å². The molecule has 42 heavy (non-hydrogen) atoms. The second-order valence-corrected chi connectivity index (χ2v) is 12.2. The number of nitrogens with one attached hydrogen (secondary N) is 3. The molecule has 0 aliphatic carbocycles. The molecule has 6 rings (SSSR count). The summed E-state index contributed by atoms with van der Waals surface area (Å²) in [5, 5.41) is 20.3. The minimum atomic E-state index is -4.27. The highest BCUT2D eigenvalue weighted by atomic mass is 32.1. The summed E-state index contributed by atoms with van der Waals surface area (Å²) < 4.78 is 39.2. The van der Waals surface area contributed by atoms with E-state index in [1.54, 1.807) is 13.2 Å². The van der Waals surface area contributed by atoms with E-state index >= 15 is 0 Å². The highest BCUT2D eigenvalue weighted by molar-refractivity contribution is 7.18. The summed E-state index contributed by atoms with van der Waals surface area (Å²) in [6, 6.07) is 12.2. The number of hydrogen-bond donors (Lipinski definition) is 3. The molecule has 9 nitrogen and oxygen atoms in total. The van der Waals surface area contributed by atoms with Crippen molar-refractivity contribution in [1.29, 1.82) is 5.26 Å². The molecule has 1 aromatic carbocycles. The molecule has 222 valence electrons. The van der Waals surface area contributed by atoms with Gasteiger partial charge < -0.3 is 20.5 Å². The van der Waals surface area contributed by atoms with Crippen LogP contribution in [0.5, 0.6) is 0 Å². The molecule has 13 heteroatoms. The number of fused-ring (bicyclic) bond motifs is 2. The van der Waals surface area contributed by atoms with Crippen LogP contribution in [0.3, 0.4) is 0 Å². The summed E-state index contributed by atoms with van der Waals surface area (Å²) in [5.41, 5.74) is 2.66. The maximum absolute atomic E-state index is 13.1. The zero-order chi connectivity index (χ0) is 29.3. The summed E-state index contributed by atoms with van der Waals surface area (Å²) >= 11 is 1.06. The number of rotatable bonds is 9. The number of alkyl halides is 3. The third kappa shape index (κ3) is 6.53. The Bertz CT molecular complexity index is 1580. The van der Waals surface area contributed by atoms with Crippen LogP contribution in [0.4, 0.5) is 19.0 Å². The Balaban J connectivity index is 1.19. The lowest BCUT2D eigenvalue weighted by Crippen LogP contribution is -2.57. The van der Waals surface area contributed by atoms with Crippen molar-refractivity contribution in [3.05, 3.63) is 52.8 Å². The second-order valence-electron chi connectivity index (χ2n) is 11.1. The van der Waals surface area contributed by atoms with Gasteiger partial charge >= 0.3 is 6.18 Å². The van der Waals surface area contributed by atoms with E-state index in [4.69, 9.17) is 4.84 Å². The second kappa shape index (κ2) is 12.1. The van der Waals surface area contributed by atoms with Crippen LogP contribution >= 0.6 is 11.3 Å². The summed E-state index contributed by atoms with van der Waals surface area (Å²) in [6.45, 7) is 4.07. The van der Waals surface area contributed by atoms with E-state index in [1.165, 1.54) is 11.9 Å². The first-order valence-electron chi connectivity index (χ1n) is 14.1. The van der Waals surface area contributed by atoms with E-state index in [0.717, 1.165) is 74.2 Å². The summed E-state index contributed by atoms with van der Waals surface area (Å²) in [4.78, 5) is 20.6. The molecule has 2 aliphatic rings. The number of anilines is 1. The van der Waals surface area contributed by atoms with Gasteiger partial charge in [-0.05, 0) is 49.1 Å². The number of hydrogen-bond acceptors (Lipinski definition) is 9. The van der Waals surface area contributed by atoms with Crippen molar-refractivity contribution >= 4 is 38.3 Å². The van der Waals surface area contributed by atoms with Crippen molar-refractivity contribution in [1.82, 2.24) is 30.2 Å². The lowest BCUT2D eigenvalue weighted by atomic mass is 9.97. The molecule has 2 fully saturated rings. The summed E-state index contributed by atoms with van der Waals surface area (Å²) in [5.74, 6) is 0.570. The number of hydroxylamine groups is 2. The van der Waals surface area contributed by atoms with Crippen LogP contribution in [-0.2, 0) is 17.8 Å². The van der Waals surface area contributed by atoms with Gasteiger partial charge in [0.1, 0.15) is 28.7 Å². The van der Waals surface area contributed by atoms with Crippen molar-refractivity contribution in [2.75, 3.05) is 38.6 Å². The normalized spacial score (nSPS) is 22.2. The van der Waals surface area contributed by atoms with Crippen molar-refractivity contribution in [3.8, 4) is 6.07 Å². The molecule has 0 amide bonds. The summed E-state index contributed by atoms with van der Waals surface area (Å²) in [7, 11) is 1.71. The molecule has 4 aromatic rings. The van der Waals surface area contributed by atoms with E-state index < -0.39 is 12.6 Å². The molecule has 3 atom stereocenters. The first-order valence-corrected chi connectivity index (χ1v) is 14.9. The maximum Gasteiger partial charge on any atom is 0.393 e. The van der Waals surface area contributed by atoms with E-state index in [0.29, 0.717) is 21.7 Å². The van der Waals surface area contributed by atoms with Crippen LogP contribution in [-0.4, -0.2) is 82.5 Å². The van der Waals surface area contributed by atoms with Crippen LogP contribution in [0.15, 0.2) is 36.7 Å². The van der Waals surface area contributed by atoms with Crippen molar-refractivity contribution in [2.24, 2.45) is 0 Å². The van der Waals surface area contributed by atoms with Gasteiger partial charge in [-0.1, -0.05) is 6.07 Å². The minimum Gasteiger partial charge on any atom is -0.365 e. The third-order valence-corrected chi connectivity index (χ3v) is 9.20. The van der Waals surface area contributed by atoms with E-state index in [1.807, 2.05) is 17.2 Å². The summed E-state index contributed by atoms with van der Waals surface area (Å²) in [6.07, 6.45) is -0.860. The van der Waals surface area contributed by atoms with Crippen LogP contribution in [0.2, 0.25) is 0 Å². The highest BCUT2D eigenvalue weighted by Gasteiger charge is 2.33. The smallest absolute Gasteiger partial charge is 0.365 e. The van der Waals surface area contributed by atoms with Crippen LogP contribution in [0.1, 0.15) is 35.4 Å². The van der Waals surface area contributed by atoms with Gasteiger partial charge in [0.15, 0.2) is 0 Å². The Morgan fingerprint density at radius 1 is 1.17 bits per heavy atom. The number of benzene rings is 1. The van der Waals surface area contributed by atoms with Gasteiger partial charge in [-0.3, -0.25) is 4.90 Å². The molecular weight excluding hydrogens is 565 g/mol. The lowest BCUT2D eigenvalue weighted by molar-refractivity contribution is -0.140. The number of aromatic amines is 1.